The van der Waals surface area contributed by atoms with Gasteiger partial charge in [-0.3, -0.25) is 9.89 Å². The summed E-state index contributed by atoms with van der Waals surface area (Å²) in [6.45, 7) is 2.52. The molecule has 2 N–H and O–H groups in total. The Morgan fingerprint density at radius 3 is 3.14 bits per heavy atom. The van der Waals surface area contributed by atoms with Crippen LogP contribution in [0.25, 0.3) is 0 Å². The SMILES string of the molecule is O=C(NCCN1CCc2ccccc21)c1n[nH]c2c1CCC2. The minimum atomic E-state index is -0.0492. The molecule has 1 aliphatic heterocycles. The maximum Gasteiger partial charge on any atom is 0.272 e. The summed E-state index contributed by atoms with van der Waals surface area (Å²) in [6.07, 6.45) is 4.19. The van der Waals surface area contributed by atoms with E-state index in [9.17, 15) is 4.79 Å². The van der Waals surface area contributed by atoms with Crippen molar-refractivity contribution in [3.8, 4) is 0 Å². The van der Waals surface area contributed by atoms with E-state index >= 15 is 0 Å². The quantitative estimate of drug-likeness (QED) is 0.902. The number of fused-ring (bicyclic) bond motifs is 2. The van der Waals surface area contributed by atoms with Crippen molar-refractivity contribution in [2.45, 2.75) is 25.7 Å². The predicted octanol–water partition coefficient (Wildman–Crippen LogP) is 1.69. The number of hydrogen-bond donors (Lipinski definition) is 2. The molecule has 0 bridgehead atoms. The second-order valence-electron chi connectivity index (χ2n) is 6.00. The van der Waals surface area contributed by atoms with Gasteiger partial charge < -0.3 is 10.2 Å². The van der Waals surface area contributed by atoms with Crippen molar-refractivity contribution in [2.24, 2.45) is 0 Å². The Morgan fingerprint density at radius 2 is 2.18 bits per heavy atom. The van der Waals surface area contributed by atoms with Crippen LogP contribution in [0.4, 0.5) is 5.69 Å². The van der Waals surface area contributed by atoms with Crippen LogP contribution in [0.3, 0.4) is 0 Å². The largest absolute Gasteiger partial charge is 0.369 e. The summed E-state index contributed by atoms with van der Waals surface area (Å²) in [4.78, 5) is 14.6. The number of hydrogen-bond acceptors (Lipinski definition) is 3. The molecule has 22 heavy (non-hydrogen) atoms. The van der Waals surface area contributed by atoms with Gasteiger partial charge in [-0.15, -0.1) is 0 Å². The zero-order valence-electron chi connectivity index (χ0n) is 12.6. The van der Waals surface area contributed by atoms with E-state index in [0.717, 1.165) is 50.0 Å². The second-order valence-corrected chi connectivity index (χ2v) is 6.00. The van der Waals surface area contributed by atoms with Gasteiger partial charge >= 0.3 is 0 Å². The van der Waals surface area contributed by atoms with Crippen LogP contribution in [-0.2, 0) is 19.3 Å². The first-order valence-corrected chi connectivity index (χ1v) is 8.00. The van der Waals surface area contributed by atoms with Crippen LogP contribution in [0.5, 0.6) is 0 Å². The molecule has 2 aliphatic rings. The van der Waals surface area contributed by atoms with Gasteiger partial charge in [0, 0.05) is 36.6 Å². The fourth-order valence-corrected chi connectivity index (χ4v) is 3.53. The van der Waals surface area contributed by atoms with Crippen molar-refractivity contribution in [1.29, 1.82) is 0 Å². The molecule has 1 aromatic heterocycles. The summed E-state index contributed by atoms with van der Waals surface area (Å²) in [6, 6.07) is 8.50. The number of amides is 1. The Morgan fingerprint density at radius 1 is 1.27 bits per heavy atom. The number of anilines is 1. The first-order valence-electron chi connectivity index (χ1n) is 8.00. The normalized spacial score (nSPS) is 15.7. The first-order chi connectivity index (χ1) is 10.8. The summed E-state index contributed by atoms with van der Waals surface area (Å²) < 4.78 is 0. The van der Waals surface area contributed by atoms with Crippen LogP contribution >= 0.6 is 0 Å². The van der Waals surface area contributed by atoms with Crippen LogP contribution in [0, 0.1) is 0 Å². The number of nitrogens with one attached hydrogen (secondary N) is 2. The molecule has 0 fully saturated rings. The minimum Gasteiger partial charge on any atom is -0.369 e. The van der Waals surface area contributed by atoms with Crippen molar-refractivity contribution in [2.75, 3.05) is 24.5 Å². The predicted molar refractivity (Wildman–Crippen MR) is 85.3 cm³/mol. The lowest BCUT2D eigenvalue weighted by molar-refractivity contribution is 0.0949. The number of nitrogens with zero attached hydrogens (tertiary/aromatic N) is 2. The van der Waals surface area contributed by atoms with Crippen molar-refractivity contribution in [3.63, 3.8) is 0 Å². The number of aromatic nitrogens is 2. The number of carbonyl (C=O) groups is 1. The van der Waals surface area contributed by atoms with Gasteiger partial charge in [0.25, 0.3) is 5.91 Å². The molecule has 2 heterocycles. The fraction of sp³-hybridized carbons (Fsp3) is 0.412. The van der Waals surface area contributed by atoms with Gasteiger partial charge in [-0.2, -0.15) is 5.10 Å². The Labute approximate surface area is 129 Å². The van der Waals surface area contributed by atoms with Crippen LogP contribution < -0.4 is 10.2 Å². The standard InChI is InChI=1S/C17H20N4O/c22-17(16-13-5-3-6-14(13)19-20-16)18-9-11-21-10-8-12-4-1-2-7-15(12)21/h1-2,4,7H,3,5-6,8-11H2,(H,18,22)(H,19,20). The lowest BCUT2D eigenvalue weighted by Crippen LogP contribution is -2.34. The van der Waals surface area contributed by atoms with Crippen LogP contribution in [0.15, 0.2) is 24.3 Å². The molecular formula is C17H20N4O. The molecule has 0 spiro atoms. The van der Waals surface area contributed by atoms with E-state index in [2.05, 4.69) is 44.7 Å². The molecule has 114 valence electrons. The summed E-state index contributed by atoms with van der Waals surface area (Å²) in [5, 5.41) is 10.2. The third kappa shape index (κ3) is 2.26. The highest BCUT2D eigenvalue weighted by atomic mass is 16.1. The highest BCUT2D eigenvalue weighted by Gasteiger charge is 2.23. The minimum absolute atomic E-state index is 0.0492. The zero-order chi connectivity index (χ0) is 14.9. The van der Waals surface area contributed by atoms with Gasteiger partial charge in [0.15, 0.2) is 5.69 Å². The third-order valence-corrected chi connectivity index (χ3v) is 4.67. The van der Waals surface area contributed by atoms with Crippen LogP contribution in [0.2, 0.25) is 0 Å². The number of aryl methyl sites for hydroxylation is 1. The molecule has 1 aromatic carbocycles. The van der Waals surface area contributed by atoms with E-state index in [1.807, 2.05) is 0 Å². The number of rotatable bonds is 4. The second kappa shape index (κ2) is 5.48. The number of benzene rings is 1. The van der Waals surface area contributed by atoms with Crippen molar-refractivity contribution in [3.05, 3.63) is 46.8 Å². The number of H-pyrrole nitrogens is 1. The molecule has 5 nitrogen and oxygen atoms in total. The van der Waals surface area contributed by atoms with Gasteiger partial charge in [-0.05, 0) is 37.3 Å². The maximum atomic E-state index is 12.3. The zero-order valence-corrected chi connectivity index (χ0v) is 12.6. The Balaban J connectivity index is 1.35. The molecule has 0 unspecified atom stereocenters. The monoisotopic (exact) mass is 296 g/mol. The number of aromatic amines is 1. The topological polar surface area (TPSA) is 61.0 Å². The fourth-order valence-electron chi connectivity index (χ4n) is 3.53. The van der Waals surface area contributed by atoms with E-state index in [-0.39, 0.29) is 5.91 Å². The molecule has 0 atom stereocenters. The average Bonchev–Trinajstić information content (AvgIpc) is 3.22. The molecule has 5 heteroatoms. The summed E-state index contributed by atoms with van der Waals surface area (Å²) in [5.74, 6) is -0.0492. The van der Waals surface area contributed by atoms with Gasteiger partial charge in [-0.1, -0.05) is 18.2 Å². The van der Waals surface area contributed by atoms with Crippen LogP contribution in [-0.4, -0.2) is 35.7 Å². The van der Waals surface area contributed by atoms with Gasteiger partial charge in [0.05, 0.1) is 0 Å². The number of para-hydroxylation sites is 1. The van der Waals surface area contributed by atoms with E-state index in [1.54, 1.807) is 0 Å². The lowest BCUT2D eigenvalue weighted by atomic mass is 10.2. The van der Waals surface area contributed by atoms with Gasteiger partial charge in [-0.25, -0.2) is 0 Å². The molecule has 1 aliphatic carbocycles. The van der Waals surface area contributed by atoms with E-state index in [1.165, 1.54) is 11.3 Å². The Bertz CT molecular complexity index is 706. The van der Waals surface area contributed by atoms with E-state index < -0.39 is 0 Å². The molecule has 2 aromatic rings. The van der Waals surface area contributed by atoms with Crippen molar-refractivity contribution < 1.29 is 4.79 Å². The average molecular weight is 296 g/mol. The highest BCUT2D eigenvalue weighted by Crippen LogP contribution is 2.26. The highest BCUT2D eigenvalue weighted by molar-refractivity contribution is 5.94. The van der Waals surface area contributed by atoms with Crippen LogP contribution in [0.1, 0.15) is 33.7 Å². The third-order valence-electron chi connectivity index (χ3n) is 4.67. The molecule has 0 radical (unpaired) electrons. The summed E-state index contributed by atoms with van der Waals surface area (Å²) in [7, 11) is 0. The molecule has 0 saturated heterocycles. The molecular weight excluding hydrogens is 276 g/mol. The van der Waals surface area contributed by atoms with Crippen molar-refractivity contribution >= 4 is 11.6 Å². The maximum absolute atomic E-state index is 12.3. The Kier molecular flexibility index (Phi) is 3.33. The molecule has 4 rings (SSSR count). The summed E-state index contributed by atoms with van der Waals surface area (Å²) >= 11 is 0. The van der Waals surface area contributed by atoms with E-state index in [0.29, 0.717) is 12.2 Å². The lowest BCUT2D eigenvalue weighted by Gasteiger charge is -2.19. The van der Waals surface area contributed by atoms with E-state index in [4.69, 9.17) is 0 Å². The van der Waals surface area contributed by atoms with Gasteiger partial charge in [0.1, 0.15) is 0 Å². The molecule has 1 amide bonds. The molecule has 0 saturated carbocycles. The van der Waals surface area contributed by atoms with Gasteiger partial charge in [0.2, 0.25) is 0 Å². The number of carbonyl (C=O) groups excluding carboxylic acids is 1. The first kappa shape index (κ1) is 13.4. The Hall–Kier alpha value is -2.30. The smallest absolute Gasteiger partial charge is 0.272 e. The summed E-state index contributed by atoms with van der Waals surface area (Å²) in [5.41, 5.74) is 5.55. The van der Waals surface area contributed by atoms with Crippen molar-refractivity contribution in [1.82, 2.24) is 15.5 Å².